The molecule has 1 amide bonds. The Morgan fingerprint density at radius 3 is 2.42 bits per heavy atom. The van der Waals surface area contributed by atoms with Gasteiger partial charge in [-0.2, -0.15) is 13.2 Å². The monoisotopic (exact) mass is 296 g/mol. The lowest BCUT2D eigenvalue weighted by molar-refractivity contribution is -0.141. The van der Waals surface area contributed by atoms with Crippen LogP contribution in [0.25, 0.3) is 0 Å². The van der Waals surface area contributed by atoms with E-state index in [1.165, 1.54) is 0 Å². The van der Waals surface area contributed by atoms with Gasteiger partial charge >= 0.3 is 6.18 Å². The molecule has 1 unspecified atom stereocenters. The fourth-order valence-corrected chi connectivity index (χ4v) is 1.54. The number of alkyl halides is 3. The fraction of sp³-hybridized carbons (Fsp3) is 0.500. The van der Waals surface area contributed by atoms with Crippen molar-refractivity contribution in [1.29, 1.82) is 0 Å². The maximum absolute atomic E-state index is 12.5. The van der Waals surface area contributed by atoms with Crippen LogP contribution in [0.15, 0.2) is 6.07 Å². The van der Waals surface area contributed by atoms with Crippen LogP contribution >= 0.6 is 11.6 Å². The molecule has 19 heavy (non-hydrogen) atoms. The number of hydrogen-bond acceptors (Lipinski definition) is 4. The Balaban J connectivity index is 3.08. The summed E-state index contributed by atoms with van der Waals surface area (Å²) in [5.74, 6) is -1.12. The topological polar surface area (TPSA) is 80.9 Å². The van der Waals surface area contributed by atoms with E-state index in [0.717, 1.165) is 0 Å². The molecule has 106 valence electrons. The number of aromatic nitrogens is 2. The van der Waals surface area contributed by atoms with Crippen LogP contribution in [0, 0.1) is 5.92 Å². The summed E-state index contributed by atoms with van der Waals surface area (Å²) >= 11 is 5.42. The Kier molecular flexibility index (Phi) is 4.56. The van der Waals surface area contributed by atoms with E-state index >= 15 is 0 Å². The third kappa shape index (κ3) is 4.23. The van der Waals surface area contributed by atoms with Crippen molar-refractivity contribution >= 4 is 23.3 Å². The molecule has 1 atom stereocenters. The van der Waals surface area contributed by atoms with Crippen molar-refractivity contribution in [2.24, 2.45) is 11.7 Å². The largest absolute Gasteiger partial charge is 0.433 e. The molecule has 0 bridgehead atoms. The van der Waals surface area contributed by atoms with Crippen molar-refractivity contribution < 1.29 is 18.0 Å². The Morgan fingerprint density at radius 2 is 2.00 bits per heavy atom. The zero-order valence-electron chi connectivity index (χ0n) is 10.1. The number of amides is 1. The first-order valence-corrected chi connectivity index (χ1v) is 5.66. The molecule has 1 aromatic rings. The molecular formula is C10H12ClF3N4O. The van der Waals surface area contributed by atoms with Crippen molar-refractivity contribution in [2.75, 3.05) is 5.32 Å². The molecule has 0 saturated heterocycles. The van der Waals surface area contributed by atoms with E-state index in [0.29, 0.717) is 6.07 Å². The second kappa shape index (κ2) is 5.60. The SMILES string of the molecule is CC(C)C(Nc1cc(C(F)(F)F)nc(Cl)n1)C(N)=O. The van der Waals surface area contributed by atoms with E-state index in [9.17, 15) is 18.0 Å². The van der Waals surface area contributed by atoms with Crippen LogP contribution in [0.2, 0.25) is 5.28 Å². The average molecular weight is 297 g/mol. The van der Waals surface area contributed by atoms with Crippen LogP contribution in [0.5, 0.6) is 0 Å². The number of nitrogens with zero attached hydrogens (tertiary/aromatic N) is 2. The third-order valence-electron chi connectivity index (χ3n) is 2.27. The highest BCUT2D eigenvalue weighted by atomic mass is 35.5. The summed E-state index contributed by atoms with van der Waals surface area (Å²) in [6.45, 7) is 3.38. The molecule has 0 saturated carbocycles. The van der Waals surface area contributed by atoms with Gasteiger partial charge in [0.1, 0.15) is 11.9 Å². The van der Waals surface area contributed by atoms with Gasteiger partial charge in [-0.1, -0.05) is 13.8 Å². The molecule has 1 heterocycles. The molecule has 0 aliphatic heterocycles. The summed E-state index contributed by atoms with van der Waals surface area (Å²) in [6.07, 6.45) is -4.65. The van der Waals surface area contributed by atoms with Crippen LogP contribution in [0.1, 0.15) is 19.5 Å². The van der Waals surface area contributed by atoms with E-state index in [1.807, 2.05) is 0 Å². The summed E-state index contributed by atoms with van der Waals surface area (Å²) in [5.41, 5.74) is 3.95. The van der Waals surface area contributed by atoms with Crippen LogP contribution in [-0.2, 0) is 11.0 Å². The van der Waals surface area contributed by atoms with E-state index in [1.54, 1.807) is 13.8 Å². The number of primary amides is 1. The molecule has 1 rings (SSSR count). The van der Waals surface area contributed by atoms with E-state index in [-0.39, 0.29) is 11.7 Å². The maximum Gasteiger partial charge on any atom is 0.433 e. The Labute approximate surface area is 112 Å². The van der Waals surface area contributed by atoms with Gasteiger partial charge in [-0.25, -0.2) is 9.97 Å². The van der Waals surface area contributed by atoms with Crippen LogP contribution in [-0.4, -0.2) is 21.9 Å². The molecule has 5 nitrogen and oxygen atoms in total. The lowest BCUT2D eigenvalue weighted by atomic mass is 10.0. The van der Waals surface area contributed by atoms with Gasteiger partial charge in [0.2, 0.25) is 11.2 Å². The van der Waals surface area contributed by atoms with Crippen LogP contribution in [0.3, 0.4) is 0 Å². The predicted molar refractivity (Wildman–Crippen MR) is 63.5 cm³/mol. The van der Waals surface area contributed by atoms with Crippen molar-refractivity contribution in [3.63, 3.8) is 0 Å². The second-order valence-electron chi connectivity index (χ2n) is 4.17. The maximum atomic E-state index is 12.5. The third-order valence-corrected chi connectivity index (χ3v) is 2.43. The average Bonchev–Trinajstić information content (AvgIpc) is 2.23. The number of carbonyl (C=O) groups is 1. The Morgan fingerprint density at radius 1 is 1.42 bits per heavy atom. The minimum atomic E-state index is -4.65. The number of halogens is 4. The van der Waals surface area contributed by atoms with Crippen molar-refractivity contribution in [3.05, 3.63) is 17.0 Å². The summed E-state index contributed by atoms with van der Waals surface area (Å²) in [5, 5.41) is 1.96. The minimum Gasteiger partial charge on any atom is -0.368 e. The summed E-state index contributed by atoms with van der Waals surface area (Å²) in [6, 6.07) is -0.184. The summed E-state index contributed by atoms with van der Waals surface area (Å²) in [4.78, 5) is 17.8. The molecule has 0 aliphatic carbocycles. The molecule has 3 N–H and O–H groups in total. The fourth-order valence-electron chi connectivity index (χ4n) is 1.36. The van der Waals surface area contributed by atoms with Gasteiger partial charge in [0, 0.05) is 6.07 Å². The number of nitrogens with one attached hydrogen (secondary N) is 1. The van der Waals surface area contributed by atoms with Gasteiger partial charge in [0.05, 0.1) is 0 Å². The van der Waals surface area contributed by atoms with Gasteiger partial charge in [-0.15, -0.1) is 0 Å². The number of hydrogen-bond donors (Lipinski definition) is 2. The molecule has 0 aromatic carbocycles. The summed E-state index contributed by atoms with van der Waals surface area (Å²) < 4.78 is 37.6. The molecule has 0 radical (unpaired) electrons. The van der Waals surface area contributed by atoms with Gasteiger partial charge < -0.3 is 11.1 Å². The Bertz CT molecular complexity index is 478. The van der Waals surface area contributed by atoms with Crippen molar-refractivity contribution in [2.45, 2.75) is 26.1 Å². The first-order valence-electron chi connectivity index (χ1n) is 5.29. The molecule has 0 aliphatic rings. The lowest BCUT2D eigenvalue weighted by Crippen LogP contribution is -2.39. The molecule has 0 fully saturated rings. The van der Waals surface area contributed by atoms with E-state index in [4.69, 9.17) is 17.3 Å². The smallest absolute Gasteiger partial charge is 0.368 e. The van der Waals surface area contributed by atoms with E-state index in [2.05, 4.69) is 15.3 Å². The van der Waals surface area contributed by atoms with Gasteiger partial charge in [-0.05, 0) is 17.5 Å². The van der Waals surface area contributed by atoms with Gasteiger partial charge in [-0.3, -0.25) is 4.79 Å². The predicted octanol–water partition coefficient (Wildman–Crippen LogP) is 2.07. The quantitative estimate of drug-likeness (QED) is 0.834. The first kappa shape index (κ1) is 15.5. The highest BCUT2D eigenvalue weighted by molar-refractivity contribution is 6.28. The lowest BCUT2D eigenvalue weighted by Gasteiger charge is -2.20. The Hall–Kier alpha value is -1.57. The molecule has 1 aromatic heterocycles. The summed E-state index contributed by atoms with van der Waals surface area (Å²) in [7, 11) is 0. The molecule has 0 spiro atoms. The molecule has 9 heteroatoms. The second-order valence-corrected chi connectivity index (χ2v) is 4.51. The number of anilines is 1. The highest BCUT2D eigenvalue weighted by Gasteiger charge is 2.34. The number of nitrogens with two attached hydrogens (primary N) is 1. The van der Waals surface area contributed by atoms with Gasteiger partial charge in [0.15, 0.2) is 5.69 Å². The zero-order valence-corrected chi connectivity index (χ0v) is 10.9. The number of carbonyl (C=O) groups excluding carboxylic acids is 1. The highest BCUT2D eigenvalue weighted by Crippen LogP contribution is 2.29. The minimum absolute atomic E-state index is 0.204. The van der Waals surface area contributed by atoms with Crippen molar-refractivity contribution in [3.8, 4) is 0 Å². The molecular weight excluding hydrogens is 285 g/mol. The van der Waals surface area contributed by atoms with Gasteiger partial charge in [0.25, 0.3) is 0 Å². The first-order chi connectivity index (χ1) is 8.61. The number of rotatable bonds is 4. The van der Waals surface area contributed by atoms with Crippen LogP contribution in [0.4, 0.5) is 19.0 Å². The zero-order chi connectivity index (χ0) is 14.8. The van der Waals surface area contributed by atoms with Crippen LogP contribution < -0.4 is 11.1 Å². The van der Waals surface area contributed by atoms with Crippen molar-refractivity contribution in [1.82, 2.24) is 9.97 Å². The standard InChI is InChI=1S/C10H12ClF3N4O/c1-4(2)7(8(15)19)17-6-3-5(10(12,13)14)16-9(11)18-6/h3-4,7H,1-2H3,(H2,15,19)(H,16,17,18). The van der Waals surface area contributed by atoms with E-state index < -0.39 is 29.1 Å². The normalized spacial score (nSPS) is 13.4.